The van der Waals surface area contributed by atoms with Gasteiger partial charge in [0, 0.05) is 29.1 Å². The molecule has 2 heterocycles. The number of hydrogen-bond donors (Lipinski definition) is 2. The predicted octanol–water partition coefficient (Wildman–Crippen LogP) is 7.88. The van der Waals surface area contributed by atoms with Crippen LogP contribution in [0, 0.1) is 10.1 Å². The number of rotatable bonds is 8. The molecule has 1 fully saturated rings. The minimum atomic E-state index is -0.399. The lowest BCUT2D eigenvalue weighted by atomic mass is 10.1. The van der Waals surface area contributed by atoms with Crippen LogP contribution in [0.4, 0.5) is 11.4 Å². The smallest absolute Gasteiger partial charge is 0.269 e. The first-order valence-electron chi connectivity index (χ1n) is 13.7. The molecule has 0 aliphatic carbocycles. The Hall–Kier alpha value is -5.08. The van der Waals surface area contributed by atoms with Crippen LogP contribution in [0.15, 0.2) is 120 Å². The van der Waals surface area contributed by atoms with Crippen molar-refractivity contribution >= 4 is 35.1 Å². The number of hydrogen-bond acceptors (Lipinski definition) is 5. The molecule has 208 valence electrons. The molecule has 4 aromatic carbocycles. The van der Waals surface area contributed by atoms with Crippen molar-refractivity contribution in [3.8, 4) is 28.2 Å². The number of amides is 1. The first-order valence-corrected chi connectivity index (χ1v) is 14.5. The average molecular weight is 573 g/mol. The lowest BCUT2D eigenvalue weighted by Crippen LogP contribution is -2.30. The Morgan fingerprint density at radius 1 is 0.905 bits per heavy atom. The van der Waals surface area contributed by atoms with Crippen molar-refractivity contribution in [2.24, 2.45) is 0 Å². The molecule has 0 saturated carbocycles. The molecule has 0 bridgehead atoms. The third-order valence-electron chi connectivity index (χ3n) is 7.14. The van der Waals surface area contributed by atoms with Crippen LogP contribution in [-0.4, -0.2) is 20.9 Å². The minimum absolute atomic E-state index is 0.0256. The zero-order chi connectivity index (χ0) is 29.1. The number of nitro benzene ring substituents is 1. The fraction of sp³-hybridized carbons (Fsp3) is 0.0882. The van der Waals surface area contributed by atoms with Gasteiger partial charge in [-0.2, -0.15) is 0 Å². The van der Waals surface area contributed by atoms with E-state index in [9.17, 15) is 14.9 Å². The molecule has 6 rings (SSSR count). The van der Waals surface area contributed by atoms with Crippen LogP contribution in [0.1, 0.15) is 18.1 Å². The van der Waals surface area contributed by atoms with E-state index in [1.54, 1.807) is 12.1 Å². The summed E-state index contributed by atoms with van der Waals surface area (Å²) in [5, 5.41) is 17.8. The molecule has 1 aliphatic heterocycles. The zero-order valence-electron chi connectivity index (χ0n) is 22.9. The number of non-ortho nitro benzene ring substituents is 1. The summed E-state index contributed by atoms with van der Waals surface area (Å²) in [6.07, 6.45) is 2.90. The monoisotopic (exact) mass is 572 g/mol. The number of benzene rings is 4. The second-order valence-electron chi connectivity index (χ2n) is 9.85. The second-order valence-corrected chi connectivity index (χ2v) is 11.0. The van der Waals surface area contributed by atoms with Gasteiger partial charge in [-0.25, -0.2) is 0 Å². The first kappa shape index (κ1) is 27.1. The molecule has 8 heteroatoms. The molecule has 0 spiro atoms. The molecule has 5 aromatic rings. The van der Waals surface area contributed by atoms with Crippen LogP contribution in [-0.2, 0) is 11.2 Å². The highest BCUT2D eigenvalue weighted by atomic mass is 32.2. The second kappa shape index (κ2) is 11.8. The van der Waals surface area contributed by atoms with Crippen molar-refractivity contribution in [3.63, 3.8) is 0 Å². The van der Waals surface area contributed by atoms with Gasteiger partial charge < -0.3 is 15.2 Å². The van der Waals surface area contributed by atoms with Crippen LogP contribution in [0.2, 0.25) is 0 Å². The van der Waals surface area contributed by atoms with Crippen molar-refractivity contribution in [2.75, 3.05) is 5.32 Å². The van der Waals surface area contributed by atoms with Crippen LogP contribution in [0.25, 0.3) is 34.3 Å². The van der Waals surface area contributed by atoms with E-state index >= 15 is 0 Å². The summed E-state index contributed by atoms with van der Waals surface area (Å²) in [6.45, 7) is 2.12. The predicted molar refractivity (Wildman–Crippen MR) is 170 cm³/mol. The molecule has 0 unspecified atom stereocenters. The van der Waals surface area contributed by atoms with E-state index < -0.39 is 4.92 Å². The number of aryl methyl sites for hydroxylation is 1. The van der Waals surface area contributed by atoms with Crippen molar-refractivity contribution < 1.29 is 9.72 Å². The summed E-state index contributed by atoms with van der Waals surface area (Å²) >= 11 is 1.44. The van der Waals surface area contributed by atoms with Gasteiger partial charge in [-0.15, -0.1) is 0 Å². The molecule has 0 radical (unpaired) electrons. The summed E-state index contributed by atoms with van der Waals surface area (Å²) in [5.74, 6) is -0.147. The number of nitro groups is 1. The third-order valence-corrected chi connectivity index (χ3v) is 8.17. The summed E-state index contributed by atoms with van der Waals surface area (Å²) in [4.78, 5) is 24.7. The Labute approximate surface area is 248 Å². The number of carbonyl (C=O) groups is 1. The number of nitrogens with one attached hydrogen (secondary N) is 2. The maximum Gasteiger partial charge on any atom is 0.269 e. The van der Waals surface area contributed by atoms with Gasteiger partial charge in [0.1, 0.15) is 0 Å². The third kappa shape index (κ3) is 5.57. The normalized spacial score (nSPS) is 15.5. The Balaban J connectivity index is 1.45. The van der Waals surface area contributed by atoms with E-state index in [1.807, 2.05) is 78.9 Å². The molecule has 1 aliphatic rings. The fourth-order valence-electron chi connectivity index (χ4n) is 5.04. The highest BCUT2D eigenvalue weighted by molar-refractivity contribution is 8.05. The Morgan fingerprint density at radius 3 is 2.17 bits per heavy atom. The van der Waals surface area contributed by atoms with Crippen LogP contribution >= 0.6 is 11.8 Å². The SMILES string of the molecule is CCc1ccc(N[C@H]2NC(=O)/C(=C\c3cc(-c4ccccc4)n(-c4ccc([N+](=O)[O-])cc4)c3-c3ccccc3)S2)cc1. The molecule has 7 nitrogen and oxygen atoms in total. The highest BCUT2D eigenvalue weighted by Gasteiger charge is 2.28. The molecule has 1 atom stereocenters. The number of thioether (sulfide) groups is 1. The zero-order valence-corrected chi connectivity index (χ0v) is 23.7. The lowest BCUT2D eigenvalue weighted by Gasteiger charge is -2.15. The molecule has 2 N–H and O–H groups in total. The van der Waals surface area contributed by atoms with Crippen LogP contribution in [0.3, 0.4) is 0 Å². The summed E-state index contributed by atoms with van der Waals surface area (Å²) in [7, 11) is 0. The average Bonchev–Trinajstić information content (AvgIpc) is 3.58. The van der Waals surface area contributed by atoms with Gasteiger partial charge in [0.15, 0.2) is 5.50 Å². The number of aromatic nitrogens is 1. The summed E-state index contributed by atoms with van der Waals surface area (Å²) in [6, 6.07) is 36.8. The van der Waals surface area contributed by atoms with Crippen molar-refractivity contribution in [1.82, 2.24) is 9.88 Å². The maximum absolute atomic E-state index is 13.1. The van der Waals surface area contributed by atoms with E-state index in [0.29, 0.717) is 4.91 Å². The van der Waals surface area contributed by atoms with Gasteiger partial charge in [0.25, 0.3) is 11.6 Å². The number of nitrogens with zero attached hydrogens (tertiary/aromatic N) is 2. The Kier molecular flexibility index (Phi) is 7.62. The minimum Gasteiger partial charge on any atom is -0.357 e. The molecule has 1 aromatic heterocycles. The first-order chi connectivity index (χ1) is 20.5. The van der Waals surface area contributed by atoms with Crippen molar-refractivity contribution in [3.05, 3.63) is 141 Å². The van der Waals surface area contributed by atoms with E-state index in [4.69, 9.17) is 0 Å². The van der Waals surface area contributed by atoms with E-state index in [2.05, 4.69) is 40.3 Å². The Bertz CT molecular complexity index is 1760. The molecular weight excluding hydrogens is 544 g/mol. The van der Waals surface area contributed by atoms with Gasteiger partial charge in [0.2, 0.25) is 0 Å². The number of carbonyl (C=O) groups excluding carboxylic acids is 1. The maximum atomic E-state index is 13.1. The molecule has 1 saturated heterocycles. The molecule has 42 heavy (non-hydrogen) atoms. The van der Waals surface area contributed by atoms with E-state index in [0.717, 1.165) is 45.9 Å². The van der Waals surface area contributed by atoms with Crippen LogP contribution in [0.5, 0.6) is 0 Å². The summed E-state index contributed by atoms with van der Waals surface area (Å²) < 4.78 is 2.10. The van der Waals surface area contributed by atoms with Crippen molar-refractivity contribution in [1.29, 1.82) is 0 Å². The largest absolute Gasteiger partial charge is 0.357 e. The standard InChI is InChI=1S/C34H28N4O3S/c1-2-23-13-15-27(16-14-23)35-34-36-33(39)31(42-34)22-26-21-30(24-9-5-3-6-10-24)37(32(26)25-11-7-4-8-12-25)28-17-19-29(20-18-28)38(40)41/h3-22,34-35H,2H2,1H3,(H,36,39)/b31-22+/t34-/m0/s1. The quantitative estimate of drug-likeness (QED) is 0.112. The lowest BCUT2D eigenvalue weighted by molar-refractivity contribution is -0.384. The van der Waals surface area contributed by atoms with Crippen LogP contribution < -0.4 is 10.6 Å². The molecule has 1 amide bonds. The summed E-state index contributed by atoms with van der Waals surface area (Å²) in [5.41, 5.74) is 7.29. The molecular formula is C34H28N4O3S. The van der Waals surface area contributed by atoms with Crippen molar-refractivity contribution in [2.45, 2.75) is 18.8 Å². The highest BCUT2D eigenvalue weighted by Crippen LogP contribution is 2.39. The van der Waals surface area contributed by atoms with Gasteiger partial charge in [-0.05, 0) is 59.5 Å². The fourth-order valence-corrected chi connectivity index (χ4v) is 6.01. The van der Waals surface area contributed by atoms with Gasteiger partial charge in [-0.3, -0.25) is 14.9 Å². The van der Waals surface area contributed by atoms with E-state index in [1.165, 1.54) is 29.5 Å². The van der Waals surface area contributed by atoms with Gasteiger partial charge in [-0.1, -0.05) is 91.5 Å². The Morgan fingerprint density at radius 2 is 1.55 bits per heavy atom. The van der Waals surface area contributed by atoms with Gasteiger partial charge in [0.05, 0.1) is 21.2 Å². The van der Waals surface area contributed by atoms with Gasteiger partial charge >= 0.3 is 0 Å². The topological polar surface area (TPSA) is 89.2 Å². The van der Waals surface area contributed by atoms with E-state index in [-0.39, 0.29) is 17.1 Å². The number of anilines is 1.